The zero-order valence-corrected chi connectivity index (χ0v) is 21.2. The Morgan fingerprint density at radius 3 is 2.31 bits per heavy atom. The lowest BCUT2D eigenvalue weighted by Crippen LogP contribution is -2.29. The van der Waals surface area contributed by atoms with Crippen LogP contribution in [0.3, 0.4) is 0 Å². The number of hydrogen-bond acceptors (Lipinski definition) is 7. The Balaban J connectivity index is 1.69. The number of amides is 3. The summed E-state index contributed by atoms with van der Waals surface area (Å²) in [5.74, 6) is 0.155. The summed E-state index contributed by atoms with van der Waals surface area (Å²) in [5.41, 5.74) is 2.65. The molecule has 2 aromatic carbocycles. The third-order valence-corrected chi connectivity index (χ3v) is 6.08. The average molecular weight is 492 g/mol. The first-order chi connectivity index (χ1) is 17.0. The quantitative estimate of drug-likeness (QED) is 0.522. The molecule has 0 saturated carbocycles. The number of rotatable bonds is 6. The summed E-state index contributed by atoms with van der Waals surface area (Å²) in [6, 6.07) is 10.5. The van der Waals surface area contributed by atoms with Gasteiger partial charge < -0.3 is 14.8 Å². The fourth-order valence-corrected chi connectivity index (χ4v) is 4.03. The molecule has 0 bridgehead atoms. The van der Waals surface area contributed by atoms with Crippen molar-refractivity contribution in [2.45, 2.75) is 46.0 Å². The van der Waals surface area contributed by atoms with Crippen LogP contribution in [-0.2, 0) is 15.0 Å². The van der Waals surface area contributed by atoms with Crippen molar-refractivity contribution in [1.29, 1.82) is 0 Å². The lowest BCUT2D eigenvalue weighted by molar-refractivity contribution is -0.121. The molecule has 2 heterocycles. The molecular weight excluding hydrogens is 462 g/mol. The fraction of sp³-hybridized carbons (Fsp3) is 0.346. The number of anilines is 2. The first-order valence-electron chi connectivity index (χ1n) is 11.5. The van der Waals surface area contributed by atoms with Crippen molar-refractivity contribution in [3.8, 4) is 17.2 Å². The van der Waals surface area contributed by atoms with E-state index in [0.29, 0.717) is 34.3 Å². The van der Waals surface area contributed by atoms with Crippen molar-refractivity contribution >= 4 is 29.1 Å². The van der Waals surface area contributed by atoms with Gasteiger partial charge in [0.1, 0.15) is 17.2 Å². The Hall–Kier alpha value is -4.21. The highest BCUT2D eigenvalue weighted by atomic mass is 16.5. The second kappa shape index (κ2) is 9.44. The number of carbonyl (C=O) groups excluding carboxylic acids is 3. The minimum atomic E-state index is -0.475. The number of benzene rings is 2. The van der Waals surface area contributed by atoms with Gasteiger partial charge in [-0.1, -0.05) is 26.0 Å². The highest BCUT2D eigenvalue weighted by Gasteiger charge is 2.31. The van der Waals surface area contributed by atoms with E-state index in [9.17, 15) is 14.4 Å². The third-order valence-electron chi connectivity index (χ3n) is 6.08. The molecule has 0 radical (unpaired) electrons. The molecule has 4 rings (SSSR count). The topological polar surface area (TPSA) is 116 Å². The number of imide groups is 1. The van der Waals surface area contributed by atoms with E-state index in [1.165, 1.54) is 9.58 Å². The predicted octanol–water partition coefficient (Wildman–Crippen LogP) is 3.80. The largest absolute Gasteiger partial charge is 0.497 e. The minimum Gasteiger partial charge on any atom is -0.497 e. The Labute approximate surface area is 209 Å². The molecule has 1 fully saturated rings. The zero-order valence-electron chi connectivity index (χ0n) is 21.2. The van der Waals surface area contributed by atoms with E-state index in [1.807, 2.05) is 32.9 Å². The van der Waals surface area contributed by atoms with E-state index in [-0.39, 0.29) is 35.8 Å². The standard InChI is InChI=1S/C26H29N5O5/c1-15-24(28-29-31(15)20-14-19(35-5)7-8-21(20)36-6)25(34)27-17-11-16(26(2,3)4)12-18(13-17)30-22(32)9-10-23(30)33/h7-8,11-14H,9-10H2,1-6H3,(H,27,34). The van der Waals surface area contributed by atoms with Crippen LogP contribution in [0.4, 0.5) is 11.4 Å². The molecule has 0 atom stereocenters. The molecule has 36 heavy (non-hydrogen) atoms. The highest BCUT2D eigenvalue weighted by molar-refractivity contribution is 6.20. The van der Waals surface area contributed by atoms with Crippen LogP contribution in [0.5, 0.6) is 11.5 Å². The van der Waals surface area contributed by atoms with Gasteiger partial charge in [-0.15, -0.1) is 5.10 Å². The average Bonchev–Trinajstić information content (AvgIpc) is 3.38. The van der Waals surface area contributed by atoms with Crippen molar-refractivity contribution < 1.29 is 23.9 Å². The molecule has 0 aliphatic carbocycles. The van der Waals surface area contributed by atoms with Gasteiger partial charge in [0.15, 0.2) is 5.69 Å². The van der Waals surface area contributed by atoms with Crippen LogP contribution in [0.1, 0.15) is 55.4 Å². The molecule has 1 aromatic heterocycles. The van der Waals surface area contributed by atoms with Crippen molar-refractivity contribution in [3.05, 3.63) is 53.3 Å². The lowest BCUT2D eigenvalue weighted by Gasteiger charge is -2.23. The lowest BCUT2D eigenvalue weighted by atomic mass is 9.86. The van der Waals surface area contributed by atoms with Crippen molar-refractivity contribution in [2.75, 3.05) is 24.4 Å². The van der Waals surface area contributed by atoms with E-state index in [2.05, 4.69) is 15.6 Å². The van der Waals surface area contributed by atoms with Gasteiger partial charge in [-0.3, -0.25) is 19.3 Å². The monoisotopic (exact) mass is 491 g/mol. The molecule has 1 saturated heterocycles. The van der Waals surface area contributed by atoms with Gasteiger partial charge >= 0.3 is 0 Å². The van der Waals surface area contributed by atoms with E-state index < -0.39 is 5.91 Å². The predicted molar refractivity (Wildman–Crippen MR) is 134 cm³/mol. The SMILES string of the molecule is COc1ccc(OC)c(-n2nnc(C(=O)Nc3cc(N4C(=O)CCC4=O)cc(C(C)(C)C)c3)c2C)c1. The molecule has 0 unspecified atom stereocenters. The van der Waals surface area contributed by atoms with Gasteiger partial charge in [-0.05, 0) is 48.2 Å². The maximum atomic E-state index is 13.2. The summed E-state index contributed by atoms with van der Waals surface area (Å²) in [6.07, 6.45) is 0.354. The molecule has 10 heteroatoms. The Bertz CT molecular complexity index is 1340. The zero-order chi connectivity index (χ0) is 26.2. The Morgan fingerprint density at radius 1 is 1.00 bits per heavy atom. The maximum absolute atomic E-state index is 13.2. The van der Waals surface area contributed by atoms with Crippen molar-refractivity contribution in [1.82, 2.24) is 15.0 Å². The second-order valence-electron chi connectivity index (χ2n) is 9.57. The summed E-state index contributed by atoms with van der Waals surface area (Å²) in [5, 5.41) is 11.1. The van der Waals surface area contributed by atoms with Crippen LogP contribution >= 0.6 is 0 Å². The summed E-state index contributed by atoms with van der Waals surface area (Å²) in [6.45, 7) is 7.78. The van der Waals surface area contributed by atoms with Gasteiger partial charge in [-0.25, -0.2) is 4.68 Å². The van der Waals surface area contributed by atoms with Crippen LogP contribution in [-0.4, -0.2) is 46.9 Å². The molecule has 1 aliphatic heterocycles. The molecule has 3 aromatic rings. The summed E-state index contributed by atoms with van der Waals surface area (Å²) in [4.78, 5) is 39.1. The van der Waals surface area contributed by atoms with E-state index >= 15 is 0 Å². The number of hydrogen-bond donors (Lipinski definition) is 1. The number of carbonyl (C=O) groups is 3. The van der Waals surface area contributed by atoms with Crippen LogP contribution in [0, 0.1) is 6.92 Å². The summed E-state index contributed by atoms with van der Waals surface area (Å²) < 4.78 is 12.3. The number of nitrogens with one attached hydrogen (secondary N) is 1. The maximum Gasteiger partial charge on any atom is 0.278 e. The van der Waals surface area contributed by atoms with Gasteiger partial charge in [0.05, 0.1) is 25.6 Å². The molecule has 188 valence electrons. The van der Waals surface area contributed by atoms with E-state index in [1.54, 1.807) is 45.4 Å². The summed E-state index contributed by atoms with van der Waals surface area (Å²) >= 11 is 0. The van der Waals surface area contributed by atoms with E-state index in [4.69, 9.17) is 9.47 Å². The molecule has 1 aliphatic rings. The first-order valence-corrected chi connectivity index (χ1v) is 11.5. The van der Waals surface area contributed by atoms with Gasteiger partial charge in [-0.2, -0.15) is 0 Å². The second-order valence-corrected chi connectivity index (χ2v) is 9.57. The fourth-order valence-electron chi connectivity index (χ4n) is 4.03. The van der Waals surface area contributed by atoms with Crippen LogP contribution in [0.15, 0.2) is 36.4 Å². The molecular formula is C26H29N5O5. The van der Waals surface area contributed by atoms with Crippen LogP contribution in [0.2, 0.25) is 0 Å². The van der Waals surface area contributed by atoms with Crippen LogP contribution < -0.4 is 19.7 Å². The number of ether oxygens (including phenoxy) is 2. The highest BCUT2D eigenvalue weighted by Crippen LogP contribution is 2.33. The number of nitrogens with zero attached hydrogens (tertiary/aromatic N) is 4. The van der Waals surface area contributed by atoms with Gasteiger partial charge in [0.2, 0.25) is 11.8 Å². The molecule has 10 nitrogen and oxygen atoms in total. The molecule has 0 spiro atoms. The van der Waals surface area contributed by atoms with Gasteiger partial charge in [0.25, 0.3) is 5.91 Å². The Morgan fingerprint density at radius 2 is 1.69 bits per heavy atom. The first kappa shape index (κ1) is 24.9. The van der Waals surface area contributed by atoms with Crippen molar-refractivity contribution in [3.63, 3.8) is 0 Å². The normalized spacial score (nSPS) is 13.8. The van der Waals surface area contributed by atoms with E-state index in [0.717, 1.165) is 5.56 Å². The summed E-state index contributed by atoms with van der Waals surface area (Å²) in [7, 11) is 3.10. The molecule has 3 amide bonds. The number of aromatic nitrogens is 3. The third kappa shape index (κ3) is 4.66. The Kier molecular flexibility index (Phi) is 6.53. The number of methoxy groups -OCH3 is 2. The van der Waals surface area contributed by atoms with Crippen LogP contribution in [0.25, 0.3) is 5.69 Å². The smallest absolute Gasteiger partial charge is 0.278 e. The van der Waals surface area contributed by atoms with Crippen molar-refractivity contribution in [2.24, 2.45) is 0 Å². The minimum absolute atomic E-state index is 0.121. The van der Waals surface area contributed by atoms with Gasteiger partial charge in [0, 0.05) is 24.6 Å². The molecule has 1 N–H and O–H groups in total.